The van der Waals surface area contributed by atoms with Crippen molar-refractivity contribution in [3.63, 3.8) is 0 Å². The number of thiophene rings is 1. The summed E-state index contributed by atoms with van der Waals surface area (Å²) in [7, 11) is 0. The van der Waals surface area contributed by atoms with Gasteiger partial charge in [-0.1, -0.05) is 133 Å². The number of rotatable bonds is 3. The van der Waals surface area contributed by atoms with Gasteiger partial charge < -0.3 is 4.42 Å². The SMILES string of the molecule is c1cc(-c2ccc3sc4cc5ccc6c7ccccc7oc6c5cc4c3c2)cc(-c2c3ccccc3c(-c3ccc4ccccc4c3)c3ccccc23)c1. The second-order valence-electron chi connectivity index (χ2n) is 14.4. The van der Waals surface area contributed by atoms with E-state index in [1.807, 2.05) is 17.4 Å². The van der Waals surface area contributed by atoms with E-state index in [4.69, 9.17) is 4.42 Å². The van der Waals surface area contributed by atoms with Gasteiger partial charge in [0.05, 0.1) is 0 Å². The van der Waals surface area contributed by atoms with E-state index in [1.165, 1.54) is 96.6 Å². The van der Waals surface area contributed by atoms with Crippen LogP contribution in [-0.2, 0) is 0 Å². The third kappa shape index (κ3) is 4.38. The van der Waals surface area contributed by atoms with Crippen LogP contribution in [0, 0.1) is 0 Å². The summed E-state index contributed by atoms with van der Waals surface area (Å²) in [6.07, 6.45) is 0. The second-order valence-corrected chi connectivity index (χ2v) is 15.5. The number of hydrogen-bond acceptors (Lipinski definition) is 2. The first-order valence-corrected chi connectivity index (χ1v) is 19.3. The fourth-order valence-electron chi connectivity index (χ4n) is 8.91. The molecule has 0 radical (unpaired) electrons. The van der Waals surface area contributed by atoms with Crippen LogP contribution in [0.3, 0.4) is 0 Å². The van der Waals surface area contributed by atoms with Gasteiger partial charge in [-0.25, -0.2) is 0 Å². The van der Waals surface area contributed by atoms with E-state index >= 15 is 0 Å². The van der Waals surface area contributed by atoms with Gasteiger partial charge in [0.15, 0.2) is 0 Å². The molecule has 0 aliphatic carbocycles. The third-order valence-corrected chi connectivity index (χ3v) is 12.5. The van der Waals surface area contributed by atoms with Crippen LogP contribution in [0.5, 0.6) is 0 Å². The molecule has 0 saturated carbocycles. The van der Waals surface area contributed by atoms with Crippen LogP contribution in [0.1, 0.15) is 0 Å². The van der Waals surface area contributed by atoms with E-state index < -0.39 is 0 Å². The van der Waals surface area contributed by atoms with E-state index in [2.05, 4.69) is 176 Å². The molecule has 0 aliphatic heterocycles. The van der Waals surface area contributed by atoms with Crippen molar-refractivity contribution in [3.8, 4) is 33.4 Å². The summed E-state index contributed by atoms with van der Waals surface area (Å²) in [6.45, 7) is 0. The van der Waals surface area contributed by atoms with E-state index in [-0.39, 0.29) is 0 Å². The molecule has 1 nitrogen and oxygen atoms in total. The molecule has 2 heterocycles. The van der Waals surface area contributed by atoms with Gasteiger partial charge in [-0.15, -0.1) is 11.3 Å². The molecule has 0 amide bonds. The van der Waals surface area contributed by atoms with Gasteiger partial charge in [0.25, 0.3) is 0 Å². The minimum Gasteiger partial charge on any atom is -0.455 e. The molecule has 250 valence electrons. The van der Waals surface area contributed by atoms with Crippen molar-refractivity contribution in [3.05, 3.63) is 182 Å². The van der Waals surface area contributed by atoms with Crippen molar-refractivity contribution in [2.75, 3.05) is 0 Å². The quantitative estimate of drug-likeness (QED) is 0.167. The highest BCUT2D eigenvalue weighted by atomic mass is 32.1. The van der Waals surface area contributed by atoms with Crippen LogP contribution in [0.25, 0.3) is 119 Å². The third-order valence-electron chi connectivity index (χ3n) is 11.4. The maximum atomic E-state index is 6.47. The topological polar surface area (TPSA) is 13.1 Å². The fourth-order valence-corrected chi connectivity index (χ4v) is 10.0. The summed E-state index contributed by atoms with van der Waals surface area (Å²) in [5.74, 6) is 0. The molecule has 0 N–H and O–H groups in total. The van der Waals surface area contributed by atoms with Gasteiger partial charge in [-0.2, -0.15) is 0 Å². The Morgan fingerprint density at radius 3 is 1.67 bits per heavy atom. The Morgan fingerprint density at radius 1 is 0.296 bits per heavy atom. The molecule has 0 spiro atoms. The van der Waals surface area contributed by atoms with Crippen LogP contribution >= 0.6 is 11.3 Å². The predicted octanol–water partition coefficient (Wildman–Crippen LogP) is 15.6. The van der Waals surface area contributed by atoms with Gasteiger partial charge in [0.2, 0.25) is 0 Å². The average molecular weight is 703 g/mol. The minimum absolute atomic E-state index is 0.932. The molecule has 0 aliphatic rings. The largest absolute Gasteiger partial charge is 0.455 e. The maximum absolute atomic E-state index is 6.47. The Kier molecular flexibility index (Phi) is 6.28. The smallest absolute Gasteiger partial charge is 0.143 e. The lowest BCUT2D eigenvalue weighted by Gasteiger charge is -2.18. The number of fused-ring (bicyclic) bond motifs is 11. The van der Waals surface area contributed by atoms with Gasteiger partial charge in [-0.05, 0) is 120 Å². The molecule has 0 bridgehead atoms. The van der Waals surface area contributed by atoms with Gasteiger partial charge in [-0.3, -0.25) is 0 Å². The van der Waals surface area contributed by atoms with Gasteiger partial charge in [0.1, 0.15) is 11.2 Å². The van der Waals surface area contributed by atoms with E-state index in [0.29, 0.717) is 0 Å². The molecule has 10 aromatic carbocycles. The Hall–Kier alpha value is -6.74. The number of benzene rings is 10. The summed E-state index contributed by atoms with van der Waals surface area (Å²) in [5.41, 5.74) is 9.34. The molecule has 2 aromatic heterocycles. The zero-order chi connectivity index (χ0) is 35.3. The van der Waals surface area contributed by atoms with E-state index in [1.54, 1.807) is 0 Å². The first-order valence-electron chi connectivity index (χ1n) is 18.5. The van der Waals surface area contributed by atoms with Crippen molar-refractivity contribution in [1.82, 2.24) is 0 Å². The van der Waals surface area contributed by atoms with Crippen LogP contribution in [0.2, 0.25) is 0 Å². The molecule has 0 atom stereocenters. The Balaban J connectivity index is 1.04. The summed E-state index contributed by atoms with van der Waals surface area (Å²) in [5, 5.41) is 14.8. The van der Waals surface area contributed by atoms with Crippen molar-refractivity contribution >= 4 is 96.5 Å². The molecule has 0 fully saturated rings. The molecule has 12 aromatic rings. The Labute approximate surface area is 314 Å². The van der Waals surface area contributed by atoms with Crippen LogP contribution in [-0.4, -0.2) is 0 Å². The number of para-hydroxylation sites is 1. The van der Waals surface area contributed by atoms with Gasteiger partial charge >= 0.3 is 0 Å². The molecule has 2 heteroatoms. The lowest BCUT2D eigenvalue weighted by atomic mass is 9.85. The van der Waals surface area contributed by atoms with Crippen molar-refractivity contribution < 1.29 is 4.42 Å². The molecule has 0 unspecified atom stereocenters. The van der Waals surface area contributed by atoms with Crippen molar-refractivity contribution in [2.45, 2.75) is 0 Å². The van der Waals surface area contributed by atoms with Crippen LogP contribution in [0.15, 0.2) is 186 Å². The second kappa shape index (κ2) is 11.4. The highest BCUT2D eigenvalue weighted by molar-refractivity contribution is 7.25. The van der Waals surface area contributed by atoms with Crippen LogP contribution < -0.4 is 0 Å². The zero-order valence-electron chi connectivity index (χ0n) is 29.1. The molecular weight excluding hydrogens is 673 g/mol. The van der Waals surface area contributed by atoms with Gasteiger partial charge in [0, 0.05) is 36.3 Å². The Bertz CT molecular complexity index is 3450. The average Bonchev–Trinajstić information content (AvgIpc) is 3.79. The first kappa shape index (κ1) is 29.8. The molecule has 12 rings (SSSR count). The summed E-state index contributed by atoms with van der Waals surface area (Å²) < 4.78 is 9.05. The van der Waals surface area contributed by atoms with Crippen LogP contribution in [0.4, 0.5) is 0 Å². The van der Waals surface area contributed by atoms with E-state index in [0.717, 1.165) is 21.9 Å². The van der Waals surface area contributed by atoms with E-state index in [9.17, 15) is 0 Å². The monoisotopic (exact) mass is 702 g/mol. The Morgan fingerprint density at radius 2 is 0.889 bits per heavy atom. The standard InChI is InChI=1S/C52H30OS/c1-2-11-32-26-37(21-20-31(32)10-1)51-41-17-5-3-15-39(41)50(40-16-4-6-18-42(40)51)36-13-9-12-33(27-36)34-23-25-48-45(28-34)46-30-44-35(29-49(46)54-48)22-24-43-38-14-7-8-19-47(38)53-52(43)44/h1-30H. The summed E-state index contributed by atoms with van der Waals surface area (Å²) >= 11 is 1.86. The normalized spacial score (nSPS) is 12.1. The maximum Gasteiger partial charge on any atom is 0.143 e. The molecule has 54 heavy (non-hydrogen) atoms. The van der Waals surface area contributed by atoms with Crippen molar-refractivity contribution in [2.24, 2.45) is 0 Å². The fraction of sp³-hybridized carbons (Fsp3) is 0. The highest BCUT2D eigenvalue weighted by Gasteiger charge is 2.18. The first-order chi connectivity index (χ1) is 26.7. The summed E-state index contributed by atoms with van der Waals surface area (Å²) in [4.78, 5) is 0. The minimum atomic E-state index is 0.932. The lowest BCUT2D eigenvalue weighted by Crippen LogP contribution is -1.91. The number of hydrogen-bond donors (Lipinski definition) is 0. The molecular formula is C52H30OS. The number of furan rings is 1. The highest BCUT2D eigenvalue weighted by Crippen LogP contribution is 2.46. The summed E-state index contributed by atoms with van der Waals surface area (Å²) in [6, 6.07) is 66.9. The predicted molar refractivity (Wildman–Crippen MR) is 233 cm³/mol. The molecule has 0 saturated heterocycles. The lowest BCUT2D eigenvalue weighted by molar-refractivity contribution is 0.673. The van der Waals surface area contributed by atoms with Crippen molar-refractivity contribution in [1.29, 1.82) is 0 Å². The zero-order valence-corrected chi connectivity index (χ0v) is 30.0.